The molecule has 2 heterocycles. The van der Waals surface area contributed by atoms with E-state index in [2.05, 4.69) is 15.0 Å². The number of carbonyl (C=O) groups is 1. The second-order valence-corrected chi connectivity index (χ2v) is 7.46. The molecule has 25 heavy (non-hydrogen) atoms. The fraction of sp³-hybridized carbons (Fsp3) is 0.250. The summed E-state index contributed by atoms with van der Waals surface area (Å²) in [5.74, 6) is -1.10. The number of rotatable bonds is 4. The van der Waals surface area contributed by atoms with Crippen molar-refractivity contribution in [2.45, 2.75) is 12.3 Å². The molecule has 1 unspecified atom stereocenters. The number of hydrogen-bond donors (Lipinski definition) is 2. The molecule has 1 amide bonds. The molecular weight excluding hydrogens is 349 g/mol. The SMILES string of the molecule is COc1cc2c(cc1NS(C)(=O)=O)C(c1ccncc1F)CC(=O)N2. The van der Waals surface area contributed by atoms with E-state index in [-0.39, 0.29) is 23.8 Å². The minimum atomic E-state index is -3.54. The molecule has 1 aliphatic heterocycles. The summed E-state index contributed by atoms with van der Waals surface area (Å²) in [6.07, 6.45) is 3.59. The van der Waals surface area contributed by atoms with Crippen molar-refractivity contribution in [3.05, 3.63) is 47.5 Å². The topological polar surface area (TPSA) is 97.4 Å². The Morgan fingerprint density at radius 3 is 2.76 bits per heavy atom. The predicted octanol–water partition coefficient (Wildman–Crippen LogP) is 2.07. The largest absolute Gasteiger partial charge is 0.494 e. The lowest BCUT2D eigenvalue weighted by Gasteiger charge is -2.27. The first kappa shape index (κ1) is 17.2. The molecule has 0 aliphatic carbocycles. The van der Waals surface area contributed by atoms with Gasteiger partial charge in [0.1, 0.15) is 11.6 Å². The Bertz CT molecular complexity index is 946. The summed E-state index contributed by atoms with van der Waals surface area (Å²) < 4.78 is 44.9. The number of sulfonamides is 1. The van der Waals surface area contributed by atoms with Crippen LogP contribution in [0.3, 0.4) is 0 Å². The summed E-state index contributed by atoms with van der Waals surface area (Å²) in [4.78, 5) is 15.8. The van der Waals surface area contributed by atoms with E-state index >= 15 is 0 Å². The van der Waals surface area contributed by atoms with Crippen LogP contribution in [0.1, 0.15) is 23.5 Å². The Hall–Kier alpha value is -2.68. The van der Waals surface area contributed by atoms with Crippen LogP contribution in [0.2, 0.25) is 0 Å². The van der Waals surface area contributed by atoms with Crippen LogP contribution < -0.4 is 14.8 Å². The van der Waals surface area contributed by atoms with Crippen LogP contribution in [-0.4, -0.2) is 32.7 Å². The number of nitrogens with zero attached hydrogens (tertiary/aromatic N) is 1. The molecule has 1 aromatic heterocycles. The highest BCUT2D eigenvalue weighted by Crippen LogP contribution is 2.42. The highest BCUT2D eigenvalue weighted by molar-refractivity contribution is 7.92. The van der Waals surface area contributed by atoms with E-state index < -0.39 is 21.8 Å². The van der Waals surface area contributed by atoms with E-state index in [0.29, 0.717) is 16.8 Å². The van der Waals surface area contributed by atoms with Gasteiger partial charge in [-0.3, -0.25) is 14.5 Å². The van der Waals surface area contributed by atoms with E-state index in [1.54, 1.807) is 6.07 Å². The van der Waals surface area contributed by atoms with Gasteiger partial charge in [-0.1, -0.05) is 0 Å². The number of ether oxygens (including phenoxy) is 1. The number of hydrogen-bond acceptors (Lipinski definition) is 5. The van der Waals surface area contributed by atoms with E-state index in [1.165, 1.54) is 25.4 Å². The van der Waals surface area contributed by atoms with Gasteiger partial charge < -0.3 is 10.1 Å². The number of pyridine rings is 1. The number of anilines is 2. The fourth-order valence-corrected chi connectivity index (χ4v) is 3.44. The normalized spacial score (nSPS) is 16.8. The molecule has 0 radical (unpaired) electrons. The van der Waals surface area contributed by atoms with Gasteiger partial charge in [0, 0.05) is 30.3 Å². The van der Waals surface area contributed by atoms with Crippen molar-refractivity contribution in [1.82, 2.24) is 4.98 Å². The standard InChI is InChI=1S/C16H16FN3O4S/c1-24-15-7-13-11(5-14(15)20-25(2,22)23)10(6-16(21)19-13)9-3-4-18-8-12(9)17/h3-5,7-8,10,20H,6H2,1-2H3,(H,19,21). The van der Waals surface area contributed by atoms with Gasteiger partial charge in [-0.2, -0.15) is 0 Å². The van der Waals surface area contributed by atoms with Crippen molar-refractivity contribution < 1.29 is 22.3 Å². The van der Waals surface area contributed by atoms with E-state index in [9.17, 15) is 17.6 Å². The monoisotopic (exact) mass is 365 g/mol. The average molecular weight is 365 g/mol. The zero-order valence-electron chi connectivity index (χ0n) is 13.5. The average Bonchev–Trinajstić information content (AvgIpc) is 2.53. The Morgan fingerprint density at radius 1 is 1.36 bits per heavy atom. The second kappa shape index (κ2) is 6.32. The Morgan fingerprint density at radius 2 is 2.12 bits per heavy atom. The molecule has 3 rings (SSSR count). The first-order chi connectivity index (χ1) is 11.8. The van der Waals surface area contributed by atoms with E-state index in [4.69, 9.17) is 4.74 Å². The van der Waals surface area contributed by atoms with Gasteiger partial charge in [0.15, 0.2) is 0 Å². The van der Waals surface area contributed by atoms with Gasteiger partial charge in [-0.05, 0) is 23.3 Å². The van der Waals surface area contributed by atoms with Crippen molar-refractivity contribution in [2.24, 2.45) is 0 Å². The highest BCUT2D eigenvalue weighted by atomic mass is 32.2. The number of halogens is 1. The molecular formula is C16H16FN3O4S. The molecule has 7 nitrogen and oxygen atoms in total. The zero-order valence-corrected chi connectivity index (χ0v) is 14.4. The first-order valence-corrected chi connectivity index (χ1v) is 9.26. The van der Waals surface area contributed by atoms with Crippen molar-refractivity contribution in [3.63, 3.8) is 0 Å². The maximum absolute atomic E-state index is 14.2. The quantitative estimate of drug-likeness (QED) is 0.864. The van der Waals surface area contributed by atoms with Crippen molar-refractivity contribution in [3.8, 4) is 5.75 Å². The van der Waals surface area contributed by atoms with Gasteiger partial charge in [0.05, 0.1) is 25.2 Å². The number of nitrogens with one attached hydrogen (secondary N) is 2. The lowest BCUT2D eigenvalue weighted by Crippen LogP contribution is -2.24. The summed E-state index contributed by atoms with van der Waals surface area (Å²) in [5, 5.41) is 2.71. The number of amides is 1. The molecule has 2 aromatic rings. The molecule has 1 aliphatic rings. The Balaban J connectivity index is 2.17. The molecule has 0 spiro atoms. The van der Waals surface area contributed by atoms with E-state index in [0.717, 1.165) is 12.5 Å². The van der Waals surface area contributed by atoms with Crippen molar-refractivity contribution >= 4 is 27.3 Å². The smallest absolute Gasteiger partial charge is 0.229 e. The third-order valence-electron chi connectivity index (χ3n) is 3.89. The number of carbonyl (C=O) groups excluding carboxylic acids is 1. The molecule has 0 bridgehead atoms. The summed E-state index contributed by atoms with van der Waals surface area (Å²) in [6, 6.07) is 4.58. The lowest BCUT2D eigenvalue weighted by atomic mass is 9.84. The summed E-state index contributed by atoms with van der Waals surface area (Å²) in [5.41, 5.74) is 1.59. The highest BCUT2D eigenvalue weighted by Gasteiger charge is 2.30. The summed E-state index contributed by atoms with van der Waals surface area (Å²) >= 11 is 0. The van der Waals surface area contributed by atoms with Crippen LogP contribution in [0.25, 0.3) is 0 Å². The van der Waals surface area contributed by atoms with E-state index in [1.807, 2.05) is 0 Å². The number of benzene rings is 1. The van der Waals surface area contributed by atoms with Gasteiger partial charge in [0.25, 0.3) is 0 Å². The first-order valence-electron chi connectivity index (χ1n) is 7.37. The van der Waals surface area contributed by atoms with Crippen LogP contribution in [-0.2, 0) is 14.8 Å². The van der Waals surface area contributed by atoms with Gasteiger partial charge in [0.2, 0.25) is 15.9 Å². The number of fused-ring (bicyclic) bond motifs is 1. The molecule has 9 heteroatoms. The second-order valence-electron chi connectivity index (χ2n) is 5.72. The molecule has 2 N–H and O–H groups in total. The molecule has 0 saturated heterocycles. The van der Waals surface area contributed by atoms with Crippen molar-refractivity contribution in [2.75, 3.05) is 23.4 Å². The van der Waals surface area contributed by atoms with Crippen LogP contribution in [0.5, 0.6) is 5.75 Å². The van der Waals surface area contributed by atoms with Crippen LogP contribution in [0, 0.1) is 5.82 Å². The fourth-order valence-electron chi connectivity index (χ4n) is 2.88. The molecule has 0 fully saturated rings. The van der Waals surface area contributed by atoms with Gasteiger partial charge in [-0.25, -0.2) is 12.8 Å². The van der Waals surface area contributed by atoms with Crippen LogP contribution >= 0.6 is 0 Å². The maximum atomic E-state index is 14.2. The number of aromatic nitrogens is 1. The van der Waals surface area contributed by atoms with Crippen LogP contribution in [0.15, 0.2) is 30.6 Å². The van der Waals surface area contributed by atoms with Gasteiger partial charge >= 0.3 is 0 Å². The third-order valence-corrected chi connectivity index (χ3v) is 4.48. The van der Waals surface area contributed by atoms with Gasteiger partial charge in [-0.15, -0.1) is 0 Å². The summed E-state index contributed by atoms with van der Waals surface area (Å²) in [6.45, 7) is 0. The molecule has 1 aromatic carbocycles. The Kier molecular flexibility index (Phi) is 4.34. The minimum absolute atomic E-state index is 0.0403. The Labute approximate surface area is 144 Å². The third kappa shape index (κ3) is 3.55. The lowest BCUT2D eigenvalue weighted by molar-refractivity contribution is -0.116. The molecule has 132 valence electrons. The van der Waals surface area contributed by atoms with Crippen LogP contribution in [0.4, 0.5) is 15.8 Å². The predicted molar refractivity (Wildman–Crippen MR) is 90.7 cm³/mol. The maximum Gasteiger partial charge on any atom is 0.229 e. The zero-order chi connectivity index (χ0) is 18.2. The minimum Gasteiger partial charge on any atom is -0.494 e. The van der Waals surface area contributed by atoms with Crippen molar-refractivity contribution in [1.29, 1.82) is 0 Å². The molecule has 1 atom stereocenters. The molecule has 0 saturated carbocycles. The number of methoxy groups -OCH3 is 1. The summed E-state index contributed by atoms with van der Waals surface area (Å²) in [7, 11) is -2.15.